The maximum Gasteiger partial charge on any atom is 0.346 e. The summed E-state index contributed by atoms with van der Waals surface area (Å²) in [6.07, 6.45) is 0. The minimum atomic E-state index is -5.19. The number of fused-ring (bicyclic) bond motifs is 2. The average molecular weight is 541 g/mol. The van der Waals surface area contributed by atoms with Crippen LogP contribution in [0.5, 0.6) is 0 Å². The molecule has 2 aromatic rings. The molecule has 0 unspecified atom stereocenters. The lowest BCUT2D eigenvalue weighted by molar-refractivity contribution is 0.0978. The summed E-state index contributed by atoms with van der Waals surface area (Å²) in [4.78, 5) is 24.4. The first-order chi connectivity index (χ1) is 14.8. The molecule has 0 saturated heterocycles. The van der Waals surface area contributed by atoms with Gasteiger partial charge in [-0.15, -0.1) is 0 Å². The summed E-state index contributed by atoms with van der Waals surface area (Å²) in [5.74, 6) is -1.83. The molecule has 4 N–H and O–H groups in total. The number of carbonyl (C=O) groups is 2. The van der Waals surface area contributed by atoms with Gasteiger partial charge in [0, 0.05) is 22.3 Å². The molecule has 2 aromatic carbocycles. The summed E-state index contributed by atoms with van der Waals surface area (Å²) in [6, 6.07) is 4.05. The Morgan fingerprint density at radius 3 is 1.73 bits per heavy atom. The largest absolute Gasteiger partial charge is 0.346 e. The van der Waals surface area contributed by atoms with Gasteiger partial charge in [-0.05, 0) is 42.8 Å². The first-order valence-electron chi connectivity index (χ1n) is 8.23. The zero-order valence-electron chi connectivity index (χ0n) is 16.0. The number of carbonyl (C=O) groups excluding carboxylic acids is 2. The normalized spacial score (nSPS) is 14.6. The number of ketones is 2. The number of hydrogen-bond donors (Lipinski definition) is 4. The van der Waals surface area contributed by atoms with E-state index in [-0.39, 0.29) is 16.7 Å². The Balaban J connectivity index is 2.18. The van der Waals surface area contributed by atoms with Gasteiger partial charge in [-0.2, -0.15) is 16.8 Å². The molecule has 33 heavy (non-hydrogen) atoms. The zero-order chi connectivity index (χ0) is 25.1. The summed E-state index contributed by atoms with van der Waals surface area (Å²) in [5.41, 5.74) is -1.86. The van der Waals surface area contributed by atoms with Crippen LogP contribution in [-0.2, 0) is 40.7 Å². The number of benzene rings is 2. The number of rotatable bonds is 6. The molecule has 3 rings (SSSR count). The van der Waals surface area contributed by atoms with E-state index in [0.717, 1.165) is 39.4 Å². The standard InChI is InChI=1S/C15H12N2O12S4/c1-7-12(31(22,23)17-33(27,28)29)5-4-10-13(7)15(19)9-3-2-8(6-11(9)14(10)18)30(20,21)16-32(24,25)26/h2-6,16-17H,1H3,(H,24,25,26)(H,27,28,29). The summed E-state index contributed by atoms with van der Waals surface area (Å²) in [7, 11) is -20.1. The van der Waals surface area contributed by atoms with Gasteiger partial charge in [-0.3, -0.25) is 18.7 Å². The van der Waals surface area contributed by atoms with Crippen LogP contribution in [0.4, 0.5) is 0 Å². The van der Waals surface area contributed by atoms with Crippen molar-refractivity contribution in [2.75, 3.05) is 0 Å². The molecular weight excluding hydrogens is 528 g/mol. The van der Waals surface area contributed by atoms with E-state index in [1.165, 1.54) is 0 Å². The molecule has 0 bridgehead atoms. The van der Waals surface area contributed by atoms with Crippen molar-refractivity contribution in [2.45, 2.75) is 16.7 Å². The van der Waals surface area contributed by atoms with Crippen molar-refractivity contribution < 1.29 is 52.4 Å². The first-order valence-corrected chi connectivity index (χ1v) is 14.1. The molecule has 0 fully saturated rings. The van der Waals surface area contributed by atoms with E-state index >= 15 is 0 Å². The van der Waals surface area contributed by atoms with Gasteiger partial charge in [-0.1, -0.05) is 8.25 Å². The molecule has 1 aliphatic rings. The number of sulfonamides is 2. The highest BCUT2D eigenvalue weighted by Gasteiger charge is 2.35. The van der Waals surface area contributed by atoms with E-state index in [9.17, 15) is 43.3 Å². The summed E-state index contributed by atoms with van der Waals surface area (Å²) >= 11 is 0. The Hall–Kier alpha value is -2.58. The summed E-state index contributed by atoms with van der Waals surface area (Å²) in [6.45, 7) is 1.11. The molecule has 0 saturated carbocycles. The summed E-state index contributed by atoms with van der Waals surface area (Å²) < 4.78 is 112. The van der Waals surface area contributed by atoms with Gasteiger partial charge in [0.15, 0.2) is 11.6 Å². The van der Waals surface area contributed by atoms with Gasteiger partial charge in [0.1, 0.15) is 0 Å². The van der Waals surface area contributed by atoms with E-state index in [2.05, 4.69) is 0 Å². The minimum Gasteiger partial charge on any atom is -0.289 e. The van der Waals surface area contributed by atoms with E-state index in [1.54, 1.807) is 0 Å². The van der Waals surface area contributed by atoms with E-state index < -0.39 is 73.1 Å². The molecule has 178 valence electrons. The monoisotopic (exact) mass is 540 g/mol. The molecule has 14 nitrogen and oxygen atoms in total. The highest BCUT2D eigenvalue weighted by atomic mass is 32.3. The van der Waals surface area contributed by atoms with Gasteiger partial charge in [-0.25, -0.2) is 16.8 Å². The van der Waals surface area contributed by atoms with Crippen molar-refractivity contribution in [3.63, 3.8) is 0 Å². The van der Waals surface area contributed by atoms with Crippen molar-refractivity contribution in [3.8, 4) is 0 Å². The van der Waals surface area contributed by atoms with E-state index in [1.807, 2.05) is 0 Å². The summed E-state index contributed by atoms with van der Waals surface area (Å²) in [5, 5.41) is 0. The topological polar surface area (TPSA) is 235 Å². The quantitative estimate of drug-likeness (QED) is 0.274. The second kappa shape index (κ2) is 7.74. The molecule has 0 aliphatic heterocycles. The molecule has 0 heterocycles. The maximum absolute atomic E-state index is 13.0. The molecule has 0 radical (unpaired) electrons. The first kappa shape index (κ1) is 25.1. The highest BCUT2D eigenvalue weighted by Crippen LogP contribution is 2.33. The van der Waals surface area contributed by atoms with Crippen LogP contribution in [0.1, 0.15) is 37.4 Å². The Morgan fingerprint density at radius 2 is 1.18 bits per heavy atom. The van der Waals surface area contributed by atoms with Gasteiger partial charge in [0.25, 0.3) is 20.0 Å². The van der Waals surface area contributed by atoms with Crippen LogP contribution < -0.4 is 8.25 Å². The van der Waals surface area contributed by atoms with Crippen LogP contribution >= 0.6 is 0 Å². The van der Waals surface area contributed by atoms with Crippen LogP contribution in [0.3, 0.4) is 0 Å². The van der Waals surface area contributed by atoms with Crippen LogP contribution in [0, 0.1) is 6.92 Å². The van der Waals surface area contributed by atoms with E-state index in [4.69, 9.17) is 9.11 Å². The lowest BCUT2D eigenvalue weighted by atomic mass is 9.82. The van der Waals surface area contributed by atoms with Crippen LogP contribution in [0.25, 0.3) is 0 Å². The molecule has 0 atom stereocenters. The van der Waals surface area contributed by atoms with Crippen molar-refractivity contribution in [1.29, 1.82) is 0 Å². The Morgan fingerprint density at radius 1 is 0.667 bits per heavy atom. The van der Waals surface area contributed by atoms with Crippen molar-refractivity contribution in [2.24, 2.45) is 0 Å². The third-order valence-electron chi connectivity index (χ3n) is 4.40. The maximum atomic E-state index is 13.0. The van der Waals surface area contributed by atoms with Gasteiger partial charge in [0.05, 0.1) is 9.79 Å². The fraction of sp³-hybridized carbons (Fsp3) is 0.0667. The Bertz CT molecular complexity index is 1670. The molecule has 0 amide bonds. The SMILES string of the molecule is Cc1c(S(=O)(=O)NS(=O)(=O)O)ccc2c1C(=O)c1ccc(S(=O)(=O)NS(=O)(=O)O)cc1C2=O. The molecule has 0 spiro atoms. The third kappa shape index (κ3) is 4.87. The van der Waals surface area contributed by atoms with Crippen molar-refractivity contribution >= 4 is 52.2 Å². The second-order valence-corrected chi connectivity index (χ2v) is 12.8. The van der Waals surface area contributed by atoms with Crippen LogP contribution in [0.2, 0.25) is 0 Å². The highest BCUT2D eigenvalue weighted by molar-refractivity contribution is 8.02. The van der Waals surface area contributed by atoms with Crippen LogP contribution in [-0.4, -0.2) is 54.3 Å². The van der Waals surface area contributed by atoms with Gasteiger partial charge >= 0.3 is 20.6 Å². The fourth-order valence-corrected chi connectivity index (χ4v) is 7.43. The lowest BCUT2D eigenvalue weighted by Crippen LogP contribution is -2.32. The molecular formula is C15H12N2O12S4. The average Bonchev–Trinajstić information content (AvgIpc) is 2.61. The molecule has 1 aliphatic carbocycles. The smallest absolute Gasteiger partial charge is 0.289 e. The predicted octanol–water partition coefficient (Wildman–Crippen LogP) is -1.07. The Kier molecular flexibility index (Phi) is 5.87. The van der Waals surface area contributed by atoms with Crippen molar-refractivity contribution in [1.82, 2.24) is 8.25 Å². The van der Waals surface area contributed by atoms with Crippen molar-refractivity contribution in [3.05, 3.63) is 58.1 Å². The van der Waals surface area contributed by atoms with Gasteiger partial charge < -0.3 is 0 Å². The van der Waals surface area contributed by atoms with Gasteiger partial charge in [0.2, 0.25) is 0 Å². The van der Waals surface area contributed by atoms with E-state index in [0.29, 0.717) is 6.07 Å². The number of hydrogen-bond acceptors (Lipinski definition) is 10. The lowest BCUT2D eigenvalue weighted by Gasteiger charge is -2.21. The molecule has 0 aromatic heterocycles. The molecule has 18 heteroatoms. The number of nitrogens with one attached hydrogen (secondary N) is 2. The second-order valence-electron chi connectivity index (χ2n) is 6.60. The predicted molar refractivity (Wildman–Crippen MR) is 108 cm³/mol. The third-order valence-corrected chi connectivity index (χ3v) is 9.73. The minimum absolute atomic E-state index is 0.322. The zero-order valence-corrected chi connectivity index (χ0v) is 19.3. The Labute approximate surface area is 187 Å². The van der Waals surface area contributed by atoms with Crippen LogP contribution in [0.15, 0.2) is 40.1 Å². The fourth-order valence-electron chi connectivity index (χ4n) is 3.19.